The van der Waals surface area contributed by atoms with Gasteiger partial charge in [-0.25, -0.2) is 0 Å². The molecule has 0 saturated carbocycles. The van der Waals surface area contributed by atoms with Crippen molar-refractivity contribution in [3.05, 3.63) is 54.1 Å². The van der Waals surface area contributed by atoms with Crippen LogP contribution in [0.25, 0.3) is 5.69 Å². The number of aromatic nitrogens is 4. The van der Waals surface area contributed by atoms with E-state index in [0.29, 0.717) is 28.7 Å². The highest BCUT2D eigenvalue weighted by Gasteiger charge is 2.14. The Morgan fingerprint density at radius 1 is 1.26 bits per heavy atom. The summed E-state index contributed by atoms with van der Waals surface area (Å²) in [5.41, 5.74) is 2.27. The Hall–Kier alpha value is -3.38. The van der Waals surface area contributed by atoms with Crippen LogP contribution in [0.4, 0.5) is 5.69 Å². The number of tetrazole rings is 1. The van der Waals surface area contributed by atoms with E-state index < -0.39 is 0 Å². The Kier molecular flexibility index (Phi) is 6.02. The first-order chi connectivity index (χ1) is 13.2. The van der Waals surface area contributed by atoms with E-state index in [0.717, 1.165) is 5.56 Å². The van der Waals surface area contributed by atoms with Crippen LogP contribution in [0.15, 0.2) is 53.7 Å². The van der Waals surface area contributed by atoms with Crippen molar-refractivity contribution in [1.82, 2.24) is 20.2 Å². The molecule has 0 aliphatic heterocycles. The summed E-state index contributed by atoms with van der Waals surface area (Å²) < 4.78 is 6.87. The van der Waals surface area contributed by atoms with Crippen LogP contribution in [0.5, 0.6) is 5.75 Å². The largest absolute Gasteiger partial charge is 0.494 e. The number of ether oxygens (including phenoxy) is 1. The van der Waals surface area contributed by atoms with Crippen LogP contribution in [-0.2, 0) is 11.2 Å². The van der Waals surface area contributed by atoms with Gasteiger partial charge < -0.3 is 10.1 Å². The van der Waals surface area contributed by atoms with Crippen molar-refractivity contribution < 1.29 is 9.53 Å². The van der Waals surface area contributed by atoms with Crippen molar-refractivity contribution in [2.75, 3.05) is 18.2 Å². The number of amides is 1. The van der Waals surface area contributed by atoms with Crippen molar-refractivity contribution in [2.45, 2.75) is 11.6 Å². The van der Waals surface area contributed by atoms with Gasteiger partial charge in [-0.3, -0.25) is 4.79 Å². The maximum atomic E-state index is 12.2. The molecule has 0 bridgehead atoms. The molecule has 27 heavy (non-hydrogen) atoms. The molecule has 1 aromatic heterocycles. The molecule has 0 aliphatic rings. The van der Waals surface area contributed by atoms with Crippen molar-refractivity contribution in [3.8, 4) is 17.5 Å². The van der Waals surface area contributed by atoms with Gasteiger partial charge in [-0.2, -0.15) is 9.94 Å². The summed E-state index contributed by atoms with van der Waals surface area (Å²) >= 11 is 1.22. The predicted octanol–water partition coefficient (Wildman–Crippen LogP) is 2.47. The lowest BCUT2D eigenvalue weighted by Crippen LogP contribution is -2.14. The lowest BCUT2D eigenvalue weighted by molar-refractivity contribution is -0.113. The fourth-order valence-corrected chi connectivity index (χ4v) is 3.03. The minimum atomic E-state index is -0.178. The van der Waals surface area contributed by atoms with Crippen molar-refractivity contribution in [2.24, 2.45) is 0 Å². The molecule has 136 valence electrons. The molecule has 0 spiro atoms. The molecule has 2 aromatic carbocycles. The number of thioether (sulfide) groups is 1. The number of benzene rings is 2. The number of methoxy groups -OCH3 is 1. The molecule has 0 saturated heterocycles. The van der Waals surface area contributed by atoms with Gasteiger partial charge in [-0.05, 0) is 40.3 Å². The molecule has 9 heteroatoms. The van der Waals surface area contributed by atoms with E-state index in [4.69, 9.17) is 10.00 Å². The molecule has 3 aromatic rings. The van der Waals surface area contributed by atoms with Crippen LogP contribution in [0.2, 0.25) is 0 Å². The van der Waals surface area contributed by atoms with Crippen molar-refractivity contribution in [1.29, 1.82) is 5.26 Å². The normalized spacial score (nSPS) is 10.2. The number of carbonyl (C=O) groups is 1. The summed E-state index contributed by atoms with van der Waals surface area (Å²) in [5.74, 6) is 0.603. The molecule has 1 amide bonds. The van der Waals surface area contributed by atoms with Crippen molar-refractivity contribution in [3.63, 3.8) is 0 Å². The molecular formula is C18H16N6O2S. The molecule has 0 fully saturated rings. The third-order valence-corrected chi connectivity index (χ3v) is 4.53. The lowest BCUT2D eigenvalue weighted by Gasteiger charge is -2.09. The number of hydrogen-bond acceptors (Lipinski definition) is 7. The minimum Gasteiger partial charge on any atom is -0.494 e. The molecular weight excluding hydrogens is 364 g/mol. The zero-order valence-electron chi connectivity index (χ0n) is 14.5. The van der Waals surface area contributed by atoms with E-state index in [1.165, 1.54) is 16.4 Å². The van der Waals surface area contributed by atoms with E-state index in [1.807, 2.05) is 36.4 Å². The quantitative estimate of drug-likeness (QED) is 0.628. The summed E-state index contributed by atoms with van der Waals surface area (Å²) in [4.78, 5) is 12.2. The number of hydrogen-bond donors (Lipinski definition) is 1. The number of nitriles is 1. The topological polar surface area (TPSA) is 106 Å². The molecule has 1 heterocycles. The first-order valence-electron chi connectivity index (χ1n) is 8.01. The second-order valence-corrected chi connectivity index (χ2v) is 6.36. The number of anilines is 1. The number of rotatable bonds is 7. The number of nitrogens with one attached hydrogen (secondary N) is 1. The van der Waals surface area contributed by atoms with Crippen molar-refractivity contribution >= 4 is 23.4 Å². The highest BCUT2D eigenvalue weighted by atomic mass is 32.2. The van der Waals surface area contributed by atoms with E-state index in [9.17, 15) is 4.79 Å². The highest BCUT2D eigenvalue weighted by Crippen LogP contribution is 2.25. The Morgan fingerprint density at radius 2 is 2.04 bits per heavy atom. The summed E-state index contributed by atoms with van der Waals surface area (Å²) in [6.45, 7) is 0. The fourth-order valence-electron chi connectivity index (χ4n) is 2.35. The van der Waals surface area contributed by atoms with Gasteiger partial charge in [-0.15, -0.1) is 5.10 Å². The van der Waals surface area contributed by atoms with Gasteiger partial charge in [0, 0.05) is 5.69 Å². The molecule has 0 radical (unpaired) electrons. The van der Waals surface area contributed by atoms with Gasteiger partial charge in [0.1, 0.15) is 11.4 Å². The van der Waals surface area contributed by atoms with Crippen LogP contribution < -0.4 is 10.1 Å². The van der Waals surface area contributed by atoms with Gasteiger partial charge >= 0.3 is 0 Å². The third kappa shape index (κ3) is 4.62. The fraction of sp³-hybridized carbons (Fsp3) is 0.167. The second kappa shape index (κ2) is 8.82. The zero-order chi connectivity index (χ0) is 19.1. The maximum absolute atomic E-state index is 12.2. The highest BCUT2D eigenvalue weighted by molar-refractivity contribution is 7.99. The third-order valence-electron chi connectivity index (χ3n) is 3.61. The van der Waals surface area contributed by atoms with Gasteiger partial charge in [0.2, 0.25) is 11.1 Å². The van der Waals surface area contributed by atoms with Crippen LogP contribution in [0.1, 0.15) is 5.56 Å². The Morgan fingerprint density at radius 3 is 2.78 bits per heavy atom. The Balaban J connectivity index is 1.63. The monoisotopic (exact) mass is 380 g/mol. The molecule has 1 N–H and O–H groups in total. The van der Waals surface area contributed by atoms with Gasteiger partial charge in [0.25, 0.3) is 0 Å². The number of nitrogens with zero attached hydrogens (tertiary/aromatic N) is 5. The molecule has 3 rings (SSSR count). The zero-order valence-corrected chi connectivity index (χ0v) is 15.3. The van der Waals surface area contributed by atoms with E-state index >= 15 is 0 Å². The summed E-state index contributed by atoms with van der Waals surface area (Å²) in [6.07, 6.45) is 0.343. The summed E-state index contributed by atoms with van der Waals surface area (Å²) in [5, 5.41) is 23.6. The smallest absolute Gasteiger partial charge is 0.234 e. The molecule has 0 atom stereocenters. The number of carbonyl (C=O) groups excluding carboxylic acids is 1. The molecule has 8 nitrogen and oxygen atoms in total. The SMILES string of the molecule is COc1ccccc1-n1nnnc1SCC(=O)Nc1ccc(CC#N)cc1. The van der Waals surface area contributed by atoms with Gasteiger partial charge in [-0.1, -0.05) is 36.0 Å². The van der Waals surface area contributed by atoms with E-state index in [-0.39, 0.29) is 11.7 Å². The number of para-hydroxylation sites is 2. The van der Waals surface area contributed by atoms with Crippen LogP contribution >= 0.6 is 11.8 Å². The van der Waals surface area contributed by atoms with Gasteiger partial charge in [0.15, 0.2) is 0 Å². The molecule has 0 aliphatic carbocycles. The second-order valence-electron chi connectivity index (χ2n) is 5.41. The van der Waals surface area contributed by atoms with E-state index in [1.54, 1.807) is 19.2 Å². The first-order valence-corrected chi connectivity index (χ1v) is 9.00. The minimum absolute atomic E-state index is 0.148. The van der Waals surface area contributed by atoms with Crippen LogP contribution in [-0.4, -0.2) is 39.0 Å². The Labute approximate surface area is 160 Å². The first kappa shape index (κ1) is 18.4. The maximum Gasteiger partial charge on any atom is 0.234 e. The van der Waals surface area contributed by atoms with Crippen LogP contribution in [0.3, 0.4) is 0 Å². The average Bonchev–Trinajstić information content (AvgIpc) is 3.16. The average molecular weight is 380 g/mol. The summed E-state index contributed by atoms with van der Waals surface area (Å²) in [7, 11) is 1.57. The Bertz CT molecular complexity index is 964. The van der Waals surface area contributed by atoms with Crippen LogP contribution in [0, 0.1) is 11.3 Å². The van der Waals surface area contributed by atoms with Gasteiger partial charge in [0.05, 0.1) is 25.4 Å². The van der Waals surface area contributed by atoms with E-state index in [2.05, 4.69) is 26.9 Å². The summed E-state index contributed by atoms with van der Waals surface area (Å²) in [6, 6.07) is 16.6. The molecule has 0 unspecified atom stereocenters. The predicted molar refractivity (Wildman–Crippen MR) is 101 cm³/mol. The lowest BCUT2D eigenvalue weighted by atomic mass is 10.1. The standard InChI is InChI=1S/C18H16N6O2S/c1-26-16-5-3-2-4-15(16)24-18(21-22-23-24)27-12-17(25)20-14-8-6-13(7-9-14)10-11-19/h2-9H,10,12H2,1H3,(H,20,25).